The van der Waals surface area contributed by atoms with E-state index in [0.717, 1.165) is 0 Å². The molecule has 2 aliphatic carbocycles. The van der Waals surface area contributed by atoms with Crippen LogP contribution >= 0.6 is 26.9 Å². The molecule has 264 valence electrons. The second-order valence-corrected chi connectivity index (χ2v) is 16.6. The van der Waals surface area contributed by atoms with Gasteiger partial charge < -0.3 is 30.6 Å². The zero-order valence-corrected chi connectivity index (χ0v) is 28.5. The van der Waals surface area contributed by atoms with Gasteiger partial charge in [-0.2, -0.15) is 4.98 Å². The van der Waals surface area contributed by atoms with Crippen molar-refractivity contribution >= 4 is 61.0 Å². The lowest BCUT2D eigenvalue weighted by molar-refractivity contribution is -0.0612. The molecule has 2 saturated carbocycles. The Hall–Kier alpha value is -3.01. The largest absolute Gasteiger partial charge is 0.475 e. The summed E-state index contributed by atoms with van der Waals surface area (Å²) in [5.74, 6) is -0.381. The first-order valence-electron chi connectivity index (χ1n) is 15.1. The second-order valence-electron chi connectivity index (χ2n) is 12.1. The number of ether oxygens (including phenoxy) is 2. The van der Waals surface area contributed by atoms with E-state index in [1.165, 1.54) is 30.7 Å². The lowest BCUT2D eigenvalue weighted by Gasteiger charge is -2.31. The number of nitrogens with one attached hydrogen (secondary N) is 1. The molecule has 4 fully saturated rings. The molecule has 0 aromatic carbocycles. The number of aliphatic hydroxyl groups is 1. The molecule has 21 nitrogen and oxygen atoms in total. The molecule has 8 rings (SSSR count). The topological polar surface area (TPSA) is 278 Å². The number of rotatable bonds is 5. The van der Waals surface area contributed by atoms with Crippen LogP contribution in [0.4, 0.5) is 11.8 Å². The van der Waals surface area contributed by atoms with Crippen molar-refractivity contribution < 1.29 is 46.3 Å². The highest BCUT2D eigenvalue weighted by molar-refractivity contribution is 8.44. The first-order chi connectivity index (χ1) is 23.4. The number of aromatic amines is 1. The summed E-state index contributed by atoms with van der Waals surface area (Å²) >= 11 is 4.25. The van der Waals surface area contributed by atoms with Gasteiger partial charge in [0.25, 0.3) is 5.56 Å². The van der Waals surface area contributed by atoms with Crippen molar-refractivity contribution in [3.8, 4) is 0 Å². The number of methoxy groups -OCH3 is 1. The number of hydrogen-bond acceptors (Lipinski definition) is 18. The van der Waals surface area contributed by atoms with Gasteiger partial charge in [0.1, 0.15) is 42.4 Å². The molecule has 1 unspecified atom stereocenters. The molecule has 6 heterocycles. The lowest BCUT2D eigenvalue weighted by Crippen LogP contribution is -2.37. The zero-order chi connectivity index (χ0) is 34.5. The van der Waals surface area contributed by atoms with E-state index >= 15 is 0 Å². The van der Waals surface area contributed by atoms with Gasteiger partial charge in [-0.15, -0.1) is 0 Å². The van der Waals surface area contributed by atoms with E-state index in [9.17, 15) is 19.0 Å². The van der Waals surface area contributed by atoms with Crippen molar-refractivity contribution in [2.45, 2.75) is 56.1 Å². The van der Waals surface area contributed by atoms with Gasteiger partial charge in [-0.05, 0) is 19.3 Å². The maximum Gasteiger partial charge on any atom is 0.475 e. The van der Waals surface area contributed by atoms with Crippen LogP contribution in [-0.4, -0.2) is 102 Å². The third-order valence-electron chi connectivity index (χ3n) is 9.49. The molecule has 0 radical (unpaired) electrons. The number of fused-ring (bicyclic) bond motifs is 4. The van der Waals surface area contributed by atoms with E-state index in [2.05, 4.69) is 42.2 Å². The molecule has 0 amide bonds. The highest BCUT2D eigenvalue weighted by Crippen LogP contribution is 2.73. The molecule has 1 spiro atoms. The predicted octanol–water partition coefficient (Wildman–Crippen LogP) is 0.958. The summed E-state index contributed by atoms with van der Waals surface area (Å²) in [6, 6.07) is -0.694. The Morgan fingerprint density at radius 2 is 1.90 bits per heavy atom. The molecule has 24 heteroatoms. The van der Waals surface area contributed by atoms with Gasteiger partial charge in [0.15, 0.2) is 28.9 Å². The Balaban J connectivity index is 1.18. The van der Waals surface area contributed by atoms with E-state index in [-0.39, 0.29) is 42.1 Å². The van der Waals surface area contributed by atoms with Gasteiger partial charge in [0, 0.05) is 12.5 Å². The number of phosphoric ester groups is 1. The predicted molar refractivity (Wildman–Crippen MR) is 170 cm³/mol. The SMILES string of the molecule is CCO[P@@]1(=O)OCC23C[C@@H]2[C@@H](n2cnc4c(N)ncnc42)[C@H](O)[C@@H]3O[P@@](=O)(S)OC[C@H]2O[C@@H](n3cnc4c(=O)[nH]c(N)nc43)[C@H](O1)[C@@H]2OC. The average molecular weight is 743 g/mol. The van der Waals surface area contributed by atoms with Gasteiger partial charge >= 0.3 is 14.6 Å². The minimum Gasteiger partial charge on any atom is -0.388 e. The van der Waals surface area contributed by atoms with Crippen LogP contribution in [0.25, 0.3) is 22.3 Å². The lowest BCUT2D eigenvalue weighted by atomic mass is 10.0. The fourth-order valence-corrected chi connectivity index (χ4v) is 10.3. The summed E-state index contributed by atoms with van der Waals surface area (Å²) in [7, 11) is -3.10. The van der Waals surface area contributed by atoms with E-state index < -0.39 is 75.0 Å². The molecule has 2 bridgehead atoms. The van der Waals surface area contributed by atoms with Crippen LogP contribution in [0.5, 0.6) is 0 Å². The number of anilines is 2. The number of nitrogens with two attached hydrogens (primary N) is 2. The Morgan fingerprint density at radius 3 is 2.67 bits per heavy atom. The minimum absolute atomic E-state index is 0.0420. The van der Waals surface area contributed by atoms with E-state index in [1.807, 2.05) is 0 Å². The molecular formula is C25H32N10O11P2S. The second kappa shape index (κ2) is 11.8. The van der Waals surface area contributed by atoms with Crippen molar-refractivity contribution in [3.05, 3.63) is 29.3 Å². The van der Waals surface area contributed by atoms with Crippen LogP contribution in [0.3, 0.4) is 0 Å². The molecule has 4 aromatic rings. The van der Waals surface area contributed by atoms with Gasteiger partial charge in [-0.1, -0.05) is 12.2 Å². The average Bonchev–Trinajstić information content (AvgIpc) is 3.35. The van der Waals surface area contributed by atoms with Gasteiger partial charge in [0.2, 0.25) is 5.95 Å². The minimum atomic E-state index is -4.47. The van der Waals surface area contributed by atoms with Crippen LogP contribution in [0.15, 0.2) is 23.8 Å². The highest BCUT2D eigenvalue weighted by Gasteiger charge is 2.74. The van der Waals surface area contributed by atoms with Crippen molar-refractivity contribution in [1.29, 1.82) is 0 Å². The van der Waals surface area contributed by atoms with E-state index in [0.29, 0.717) is 17.6 Å². The van der Waals surface area contributed by atoms with Gasteiger partial charge in [0.05, 0.1) is 38.5 Å². The first-order valence-corrected chi connectivity index (χ1v) is 19.3. The number of thiol groups is 1. The number of H-pyrrole nitrogens is 1. The standard InChI is InChI=1S/C25H32N10O11P2S/c1-3-41-47(38)43-6-25-4-10(25)14(34-8-30-12-19(26)28-7-29-20(12)34)15(36)18(25)46-48(39,49)42-5-11-16(40-2)17(45-47)23(44-11)35-9-31-13-21(35)32-24(27)33-22(13)37/h7-11,14-18,23,36H,3-6H2,1-2H3,(H,39,49)(H2,26,28,29)(H3,27,32,33,37)/t10-,11-,14-,15+,16-,17-,18+,23-,25?,47+,48+/m1/s1. The summed E-state index contributed by atoms with van der Waals surface area (Å²) in [4.78, 5) is 35.9. The number of imidazole rings is 2. The summed E-state index contributed by atoms with van der Waals surface area (Å²) < 4.78 is 72.9. The maximum atomic E-state index is 14.4. The number of nitrogen functional groups attached to an aromatic ring is 2. The Bertz CT molecular complexity index is 2100. The number of phosphoric acid groups is 1. The Labute approximate surface area is 281 Å². The third kappa shape index (κ3) is 5.32. The molecule has 2 aliphatic heterocycles. The van der Waals surface area contributed by atoms with Crippen LogP contribution in [0, 0.1) is 11.3 Å². The number of aliphatic hydroxyl groups excluding tert-OH is 1. The van der Waals surface area contributed by atoms with Gasteiger partial charge in [-0.3, -0.25) is 37.0 Å². The molecule has 6 N–H and O–H groups in total. The number of nitrogens with zero attached hydrogens (tertiary/aromatic N) is 7. The summed E-state index contributed by atoms with van der Waals surface area (Å²) in [5.41, 5.74) is 10.9. The summed E-state index contributed by atoms with van der Waals surface area (Å²) in [6.07, 6.45) is -2.54. The summed E-state index contributed by atoms with van der Waals surface area (Å²) in [5, 5.41) is 11.7. The summed E-state index contributed by atoms with van der Waals surface area (Å²) in [6.45, 7) is -3.43. The van der Waals surface area contributed by atoms with Crippen molar-refractivity contribution in [3.63, 3.8) is 0 Å². The van der Waals surface area contributed by atoms with Crippen molar-refractivity contribution in [1.82, 2.24) is 39.0 Å². The monoisotopic (exact) mass is 742 g/mol. The number of aromatic nitrogens is 8. The molecule has 11 atom stereocenters. The van der Waals surface area contributed by atoms with Crippen LogP contribution in [0.2, 0.25) is 0 Å². The van der Waals surface area contributed by atoms with Crippen molar-refractivity contribution in [2.24, 2.45) is 11.3 Å². The van der Waals surface area contributed by atoms with Crippen LogP contribution in [0.1, 0.15) is 25.6 Å². The number of hydrogen-bond donors (Lipinski definition) is 5. The van der Waals surface area contributed by atoms with Crippen LogP contribution < -0.4 is 17.0 Å². The molecule has 4 aromatic heterocycles. The smallest absolute Gasteiger partial charge is 0.388 e. The fourth-order valence-electron chi connectivity index (χ4n) is 7.30. The van der Waals surface area contributed by atoms with E-state index in [1.54, 1.807) is 11.5 Å². The van der Waals surface area contributed by atoms with Gasteiger partial charge in [-0.25, -0.2) is 29.1 Å². The Kier molecular flexibility index (Phi) is 7.97. The highest BCUT2D eigenvalue weighted by atomic mass is 32.7. The maximum absolute atomic E-state index is 14.4. The molecule has 2 saturated heterocycles. The fraction of sp³-hybridized carbons (Fsp3) is 0.600. The van der Waals surface area contributed by atoms with Crippen molar-refractivity contribution in [2.75, 3.05) is 38.4 Å². The first kappa shape index (κ1) is 33.2. The molecule has 49 heavy (non-hydrogen) atoms. The molecule has 4 aliphatic rings. The Morgan fingerprint density at radius 1 is 1.12 bits per heavy atom. The normalized spacial score (nSPS) is 39.3. The van der Waals surface area contributed by atoms with E-state index in [4.69, 9.17) is 43.6 Å². The quantitative estimate of drug-likeness (QED) is 0.141. The zero-order valence-electron chi connectivity index (χ0n) is 25.8. The van der Waals surface area contributed by atoms with Crippen LogP contribution in [-0.2, 0) is 41.2 Å². The molecular weight excluding hydrogens is 710 g/mol. The third-order valence-corrected chi connectivity index (χ3v) is 12.6.